The SMILES string of the molecule is CC(Sc1ccc(Cl)c(C(F)(F)F)c1)C(=O)NC(C)(C#N)C(C)C. The summed E-state index contributed by atoms with van der Waals surface area (Å²) in [5, 5.41) is 10.8. The first-order valence-electron chi connectivity index (χ1n) is 7.17. The summed E-state index contributed by atoms with van der Waals surface area (Å²) in [6.07, 6.45) is -4.56. The molecule has 0 radical (unpaired) electrons. The van der Waals surface area contributed by atoms with Crippen LogP contribution in [0.25, 0.3) is 0 Å². The van der Waals surface area contributed by atoms with Crippen LogP contribution in [0.2, 0.25) is 5.02 Å². The predicted octanol–water partition coefficient (Wildman–Crippen LogP) is 4.89. The number of thioether (sulfide) groups is 1. The van der Waals surface area contributed by atoms with Crippen molar-refractivity contribution in [2.45, 2.75) is 49.6 Å². The fraction of sp³-hybridized carbons (Fsp3) is 0.500. The Morgan fingerprint density at radius 3 is 2.38 bits per heavy atom. The Morgan fingerprint density at radius 2 is 1.92 bits per heavy atom. The molecule has 24 heavy (non-hydrogen) atoms. The van der Waals surface area contributed by atoms with E-state index in [0.717, 1.165) is 23.9 Å². The lowest BCUT2D eigenvalue weighted by atomic mass is 9.90. The van der Waals surface area contributed by atoms with E-state index in [0.29, 0.717) is 0 Å². The molecule has 1 N–H and O–H groups in total. The van der Waals surface area contributed by atoms with Crippen LogP contribution in [0.3, 0.4) is 0 Å². The molecule has 3 nitrogen and oxygen atoms in total. The van der Waals surface area contributed by atoms with Gasteiger partial charge in [0.05, 0.1) is 21.9 Å². The Hall–Kier alpha value is -1.39. The zero-order valence-corrected chi connectivity index (χ0v) is 15.2. The number of amides is 1. The third-order valence-electron chi connectivity index (χ3n) is 3.70. The van der Waals surface area contributed by atoms with E-state index in [2.05, 4.69) is 11.4 Å². The summed E-state index contributed by atoms with van der Waals surface area (Å²) in [6, 6.07) is 5.56. The molecule has 0 saturated carbocycles. The molecule has 0 fully saturated rings. The van der Waals surface area contributed by atoms with Gasteiger partial charge in [0, 0.05) is 4.90 Å². The van der Waals surface area contributed by atoms with Gasteiger partial charge in [-0.3, -0.25) is 4.79 Å². The van der Waals surface area contributed by atoms with Crippen LogP contribution in [0.15, 0.2) is 23.1 Å². The zero-order chi connectivity index (χ0) is 18.7. The van der Waals surface area contributed by atoms with Gasteiger partial charge in [-0.1, -0.05) is 25.4 Å². The Kier molecular flexibility index (Phi) is 6.59. The van der Waals surface area contributed by atoms with Gasteiger partial charge in [-0.2, -0.15) is 18.4 Å². The number of benzene rings is 1. The lowest BCUT2D eigenvalue weighted by Gasteiger charge is -2.28. The fourth-order valence-corrected chi connectivity index (χ4v) is 2.84. The molecule has 2 atom stereocenters. The number of nitrogens with one attached hydrogen (secondary N) is 1. The molecule has 1 aromatic rings. The van der Waals surface area contributed by atoms with Crippen molar-refractivity contribution < 1.29 is 18.0 Å². The molecule has 0 aliphatic carbocycles. The molecular weight excluding hydrogens is 361 g/mol. The largest absolute Gasteiger partial charge is 0.417 e. The van der Waals surface area contributed by atoms with Crippen molar-refractivity contribution in [1.82, 2.24) is 5.32 Å². The standard InChI is InChI=1S/C16H18ClF3N2OS/c1-9(2)15(4,8-21)22-14(23)10(3)24-11-5-6-13(17)12(7-11)16(18,19)20/h5-7,9-10H,1-4H3,(H,22,23). The normalized spacial score (nSPS) is 15.5. The van der Waals surface area contributed by atoms with Crippen LogP contribution < -0.4 is 5.32 Å². The highest BCUT2D eigenvalue weighted by molar-refractivity contribution is 8.00. The Morgan fingerprint density at radius 1 is 1.33 bits per heavy atom. The minimum Gasteiger partial charge on any atom is -0.337 e. The number of rotatable bonds is 5. The first-order valence-corrected chi connectivity index (χ1v) is 8.43. The Bertz CT molecular complexity index is 658. The minimum absolute atomic E-state index is 0.115. The van der Waals surface area contributed by atoms with Gasteiger partial charge in [0.2, 0.25) is 5.91 Å². The molecule has 0 aliphatic heterocycles. The van der Waals surface area contributed by atoms with Crippen molar-refractivity contribution in [1.29, 1.82) is 5.26 Å². The molecule has 1 aromatic carbocycles. The quantitative estimate of drug-likeness (QED) is 0.742. The van der Waals surface area contributed by atoms with E-state index in [4.69, 9.17) is 11.6 Å². The van der Waals surface area contributed by atoms with E-state index in [9.17, 15) is 23.2 Å². The van der Waals surface area contributed by atoms with Crippen molar-refractivity contribution in [2.75, 3.05) is 0 Å². The smallest absolute Gasteiger partial charge is 0.337 e. The third-order valence-corrected chi connectivity index (χ3v) is 5.12. The molecule has 0 saturated heterocycles. The first-order chi connectivity index (χ1) is 10.9. The minimum atomic E-state index is -4.56. The molecule has 0 aromatic heterocycles. The average Bonchev–Trinajstić information content (AvgIpc) is 2.47. The Balaban J connectivity index is 2.91. The molecule has 0 heterocycles. The lowest BCUT2D eigenvalue weighted by molar-refractivity contribution is -0.137. The maximum atomic E-state index is 12.9. The van der Waals surface area contributed by atoms with E-state index >= 15 is 0 Å². The molecule has 0 bridgehead atoms. The maximum absolute atomic E-state index is 12.9. The second-order valence-electron chi connectivity index (χ2n) is 5.86. The number of nitrogens with zero attached hydrogens (tertiary/aromatic N) is 1. The van der Waals surface area contributed by atoms with Crippen molar-refractivity contribution in [2.24, 2.45) is 5.92 Å². The molecule has 1 amide bonds. The zero-order valence-electron chi connectivity index (χ0n) is 13.7. The molecule has 132 valence electrons. The van der Waals surface area contributed by atoms with Gasteiger partial charge >= 0.3 is 6.18 Å². The fourth-order valence-electron chi connectivity index (χ4n) is 1.71. The number of hydrogen-bond acceptors (Lipinski definition) is 3. The van der Waals surface area contributed by atoms with Crippen LogP contribution in [0, 0.1) is 17.2 Å². The van der Waals surface area contributed by atoms with Gasteiger partial charge < -0.3 is 5.32 Å². The van der Waals surface area contributed by atoms with Crippen molar-refractivity contribution in [3.63, 3.8) is 0 Å². The summed E-state index contributed by atoms with van der Waals surface area (Å²) in [5.74, 6) is -0.530. The van der Waals surface area contributed by atoms with Crippen LogP contribution in [0.5, 0.6) is 0 Å². The average molecular weight is 379 g/mol. The summed E-state index contributed by atoms with van der Waals surface area (Å²) < 4.78 is 38.6. The predicted molar refractivity (Wildman–Crippen MR) is 88.8 cm³/mol. The van der Waals surface area contributed by atoms with Crippen molar-refractivity contribution >= 4 is 29.3 Å². The second-order valence-corrected chi connectivity index (χ2v) is 7.68. The highest BCUT2D eigenvalue weighted by Crippen LogP contribution is 2.37. The number of carbonyl (C=O) groups is 1. The van der Waals surface area contributed by atoms with E-state index in [1.165, 1.54) is 6.07 Å². The van der Waals surface area contributed by atoms with E-state index < -0.39 is 28.4 Å². The number of hydrogen-bond donors (Lipinski definition) is 1. The molecule has 0 aliphatic rings. The van der Waals surface area contributed by atoms with Gasteiger partial charge in [-0.05, 0) is 38.0 Å². The summed E-state index contributed by atoms with van der Waals surface area (Å²) >= 11 is 6.55. The van der Waals surface area contributed by atoms with E-state index in [-0.39, 0.29) is 15.8 Å². The second kappa shape index (κ2) is 7.66. The highest BCUT2D eigenvalue weighted by atomic mass is 35.5. The van der Waals surface area contributed by atoms with E-state index in [1.54, 1.807) is 27.7 Å². The van der Waals surface area contributed by atoms with Gasteiger partial charge in [0.15, 0.2) is 0 Å². The third kappa shape index (κ3) is 5.05. The number of nitriles is 1. The van der Waals surface area contributed by atoms with Gasteiger partial charge in [-0.25, -0.2) is 0 Å². The highest BCUT2D eigenvalue weighted by Gasteiger charge is 2.34. The monoisotopic (exact) mass is 378 g/mol. The summed E-state index contributed by atoms with van der Waals surface area (Å²) in [6.45, 7) is 6.78. The molecular formula is C16H18ClF3N2OS. The summed E-state index contributed by atoms with van der Waals surface area (Å²) in [5.41, 5.74) is -1.98. The molecule has 2 unspecified atom stereocenters. The number of carbonyl (C=O) groups excluding carboxylic acids is 1. The summed E-state index contributed by atoms with van der Waals surface area (Å²) in [4.78, 5) is 12.5. The topological polar surface area (TPSA) is 52.9 Å². The van der Waals surface area contributed by atoms with Crippen LogP contribution in [-0.2, 0) is 11.0 Å². The maximum Gasteiger partial charge on any atom is 0.417 e. The molecule has 0 spiro atoms. The van der Waals surface area contributed by atoms with E-state index in [1.807, 2.05) is 0 Å². The molecule has 1 rings (SSSR count). The first kappa shape index (κ1) is 20.7. The number of halogens is 4. The lowest BCUT2D eigenvalue weighted by Crippen LogP contribution is -2.51. The van der Waals surface area contributed by atoms with Gasteiger partial charge in [0.1, 0.15) is 5.54 Å². The van der Waals surface area contributed by atoms with Crippen LogP contribution in [0.1, 0.15) is 33.3 Å². The Labute approximate surface area is 148 Å². The molecule has 8 heteroatoms. The van der Waals surface area contributed by atoms with Gasteiger partial charge in [-0.15, -0.1) is 11.8 Å². The van der Waals surface area contributed by atoms with Crippen LogP contribution in [-0.4, -0.2) is 16.7 Å². The van der Waals surface area contributed by atoms with Crippen LogP contribution in [0.4, 0.5) is 13.2 Å². The van der Waals surface area contributed by atoms with Gasteiger partial charge in [0.25, 0.3) is 0 Å². The van der Waals surface area contributed by atoms with Crippen molar-refractivity contribution in [3.05, 3.63) is 28.8 Å². The summed E-state index contributed by atoms with van der Waals surface area (Å²) in [7, 11) is 0. The number of alkyl halides is 3. The van der Waals surface area contributed by atoms with Crippen LogP contribution >= 0.6 is 23.4 Å². The van der Waals surface area contributed by atoms with Crippen molar-refractivity contribution in [3.8, 4) is 6.07 Å².